The Morgan fingerprint density at radius 1 is 1.08 bits per heavy atom. The molecule has 0 aliphatic carbocycles. The largest absolute Gasteiger partial charge is 0.322 e. The number of allylic oxidation sites excluding steroid dienone is 1. The fourth-order valence-corrected chi connectivity index (χ4v) is 2.82. The molecule has 0 bridgehead atoms. The van der Waals surface area contributed by atoms with E-state index in [9.17, 15) is 4.39 Å². The monoisotopic (exact) mass is 334 g/mol. The van der Waals surface area contributed by atoms with Crippen LogP contribution in [-0.4, -0.2) is 29.1 Å². The van der Waals surface area contributed by atoms with Crippen LogP contribution in [0.15, 0.2) is 61.6 Å². The Balaban J connectivity index is 1.77. The zero-order valence-corrected chi connectivity index (χ0v) is 13.4. The SMILES string of the molecule is C=CCn1c(Cn2ccnc2-c2cccc(F)n2)nc2ncccc21. The second-order valence-electron chi connectivity index (χ2n) is 5.50. The summed E-state index contributed by atoms with van der Waals surface area (Å²) in [6.07, 6.45) is 7.03. The predicted molar refractivity (Wildman–Crippen MR) is 92.2 cm³/mol. The number of fused-ring (bicyclic) bond motifs is 1. The molecule has 0 saturated carbocycles. The second-order valence-corrected chi connectivity index (χ2v) is 5.50. The maximum Gasteiger partial charge on any atom is 0.213 e. The highest BCUT2D eigenvalue weighted by atomic mass is 19.1. The number of hydrogen-bond acceptors (Lipinski definition) is 4. The van der Waals surface area contributed by atoms with E-state index in [0.29, 0.717) is 30.3 Å². The van der Waals surface area contributed by atoms with Crippen LogP contribution in [0.25, 0.3) is 22.7 Å². The van der Waals surface area contributed by atoms with Crippen LogP contribution in [0.1, 0.15) is 5.82 Å². The van der Waals surface area contributed by atoms with Gasteiger partial charge in [0.05, 0.1) is 12.1 Å². The molecule has 4 aromatic heterocycles. The van der Waals surface area contributed by atoms with Gasteiger partial charge in [0.25, 0.3) is 0 Å². The van der Waals surface area contributed by atoms with E-state index in [1.165, 1.54) is 6.07 Å². The first kappa shape index (κ1) is 15.2. The second kappa shape index (κ2) is 6.27. The lowest BCUT2D eigenvalue weighted by Crippen LogP contribution is -2.09. The van der Waals surface area contributed by atoms with Crippen molar-refractivity contribution in [2.24, 2.45) is 0 Å². The fourth-order valence-electron chi connectivity index (χ4n) is 2.82. The highest BCUT2D eigenvalue weighted by Gasteiger charge is 2.14. The summed E-state index contributed by atoms with van der Waals surface area (Å²) < 4.78 is 17.4. The predicted octanol–water partition coefficient (Wildman–Crippen LogP) is 3.06. The molecule has 4 rings (SSSR count). The van der Waals surface area contributed by atoms with Crippen LogP contribution in [0, 0.1) is 5.95 Å². The zero-order chi connectivity index (χ0) is 17.2. The van der Waals surface area contributed by atoms with Gasteiger partial charge in [-0.2, -0.15) is 4.39 Å². The van der Waals surface area contributed by atoms with Crippen molar-refractivity contribution in [3.63, 3.8) is 0 Å². The molecule has 0 N–H and O–H groups in total. The molecule has 0 aliphatic rings. The summed E-state index contributed by atoms with van der Waals surface area (Å²) in [5.74, 6) is 0.879. The number of halogens is 1. The minimum atomic E-state index is -0.532. The van der Waals surface area contributed by atoms with E-state index >= 15 is 0 Å². The molecular formula is C18H15FN6. The molecule has 4 aromatic rings. The molecule has 0 amide bonds. The van der Waals surface area contributed by atoms with Crippen LogP contribution in [-0.2, 0) is 13.1 Å². The quantitative estimate of drug-likeness (QED) is 0.416. The molecule has 7 heteroatoms. The molecule has 6 nitrogen and oxygen atoms in total. The average Bonchev–Trinajstić information content (AvgIpc) is 3.21. The van der Waals surface area contributed by atoms with Crippen molar-refractivity contribution < 1.29 is 4.39 Å². The molecule has 0 atom stereocenters. The topological polar surface area (TPSA) is 61.4 Å². The highest BCUT2D eigenvalue weighted by Crippen LogP contribution is 2.19. The summed E-state index contributed by atoms with van der Waals surface area (Å²) in [7, 11) is 0. The number of nitrogens with zero attached hydrogens (tertiary/aromatic N) is 6. The zero-order valence-electron chi connectivity index (χ0n) is 13.4. The van der Waals surface area contributed by atoms with Crippen molar-refractivity contribution in [1.29, 1.82) is 0 Å². The maximum absolute atomic E-state index is 13.4. The molecule has 0 aliphatic heterocycles. The Morgan fingerprint density at radius 2 is 2.00 bits per heavy atom. The number of hydrogen-bond donors (Lipinski definition) is 0. The fraction of sp³-hybridized carbons (Fsp3) is 0.111. The van der Waals surface area contributed by atoms with Crippen LogP contribution < -0.4 is 0 Å². The Hall–Kier alpha value is -3.35. The number of imidazole rings is 2. The molecule has 0 spiro atoms. The van der Waals surface area contributed by atoms with Gasteiger partial charge in [-0.1, -0.05) is 12.1 Å². The molecule has 0 aromatic carbocycles. The molecule has 0 unspecified atom stereocenters. The summed E-state index contributed by atoms with van der Waals surface area (Å²) in [5.41, 5.74) is 2.11. The Kier molecular flexibility index (Phi) is 3.81. The summed E-state index contributed by atoms with van der Waals surface area (Å²) in [4.78, 5) is 17.2. The van der Waals surface area contributed by atoms with Crippen LogP contribution in [0.4, 0.5) is 4.39 Å². The normalized spacial score (nSPS) is 11.1. The Labute approximate surface area is 143 Å². The minimum absolute atomic E-state index is 0.470. The van der Waals surface area contributed by atoms with Crippen molar-refractivity contribution >= 4 is 11.2 Å². The first-order valence-corrected chi connectivity index (χ1v) is 7.81. The highest BCUT2D eigenvalue weighted by molar-refractivity contribution is 5.71. The van der Waals surface area contributed by atoms with Crippen LogP contribution in [0.5, 0.6) is 0 Å². The van der Waals surface area contributed by atoms with Gasteiger partial charge in [0.1, 0.15) is 11.5 Å². The first-order chi connectivity index (χ1) is 12.3. The van der Waals surface area contributed by atoms with Gasteiger partial charge in [0, 0.05) is 25.1 Å². The van der Waals surface area contributed by atoms with E-state index in [2.05, 4.69) is 31.1 Å². The molecule has 0 saturated heterocycles. The molecule has 25 heavy (non-hydrogen) atoms. The third-order valence-electron chi connectivity index (χ3n) is 3.89. The number of aromatic nitrogens is 6. The lowest BCUT2D eigenvalue weighted by molar-refractivity contribution is 0.584. The standard InChI is InChI=1S/C18H15FN6/c1-2-10-25-14-6-4-8-20-17(14)23-16(25)12-24-11-9-21-18(24)13-5-3-7-15(19)22-13/h2-9,11H,1,10,12H2. The maximum atomic E-state index is 13.4. The first-order valence-electron chi connectivity index (χ1n) is 7.81. The third kappa shape index (κ3) is 2.80. The van der Waals surface area contributed by atoms with E-state index in [0.717, 1.165) is 11.3 Å². The van der Waals surface area contributed by atoms with Gasteiger partial charge < -0.3 is 9.13 Å². The lowest BCUT2D eigenvalue weighted by Gasteiger charge is -2.09. The van der Waals surface area contributed by atoms with Crippen molar-refractivity contribution in [1.82, 2.24) is 29.1 Å². The average molecular weight is 334 g/mol. The minimum Gasteiger partial charge on any atom is -0.322 e. The molecule has 0 radical (unpaired) electrons. The van der Waals surface area contributed by atoms with Gasteiger partial charge in [0.2, 0.25) is 5.95 Å². The third-order valence-corrected chi connectivity index (χ3v) is 3.89. The van der Waals surface area contributed by atoms with Crippen molar-refractivity contribution in [2.45, 2.75) is 13.1 Å². The van der Waals surface area contributed by atoms with Gasteiger partial charge in [-0.3, -0.25) is 0 Å². The lowest BCUT2D eigenvalue weighted by atomic mass is 10.3. The van der Waals surface area contributed by atoms with Crippen LogP contribution >= 0.6 is 0 Å². The number of rotatable bonds is 5. The van der Waals surface area contributed by atoms with E-state index in [1.807, 2.05) is 29.0 Å². The molecular weight excluding hydrogens is 319 g/mol. The van der Waals surface area contributed by atoms with Gasteiger partial charge >= 0.3 is 0 Å². The van der Waals surface area contributed by atoms with E-state index < -0.39 is 5.95 Å². The Bertz CT molecular complexity index is 1050. The summed E-state index contributed by atoms with van der Waals surface area (Å²) in [6.45, 7) is 4.91. The summed E-state index contributed by atoms with van der Waals surface area (Å²) >= 11 is 0. The summed E-state index contributed by atoms with van der Waals surface area (Å²) in [5, 5.41) is 0. The Morgan fingerprint density at radius 3 is 2.84 bits per heavy atom. The van der Waals surface area contributed by atoms with Gasteiger partial charge in [0.15, 0.2) is 11.5 Å². The molecule has 4 heterocycles. The van der Waals surface area contributed by atoms with E-state index in [-0.39, 0.29) is 0 Å². The van der Waals surface area contributed by atoms with E-state index in [4.69, 9.17) is 0 Å². The molecule has 0 fully saturated rings. The number of pyridine rings is 2. The summed E-state index contributed by atoms with van der Waals surface area (Å²) in [6, 6.07) is 8.52. The van der Waals surface area contributed by atoms with Crippen molar-refractivity contribution in [3.05, 3.63) is 73.3 Å². The van der Waals surface area contributed by atoms with Crippen molar-refractivity contribution in [2.75, 3.05) is 0 Å². The van der Waals surface area contributed by atoms with Gasteiger partial charge in [-0.15, -0.1) is 6.58 Å². The van der Waals surface area contributed by atoms with Gasteiger partial charge in [-0.05, 0) is 24.3 Å². The van der Waals surface area contributed by atoms with Crippen LogP contribution in [0.2, 0.25) is 0 Å². The van der Waals surface area contributed by atoms with Crippen LogP contribution in [0.3, 0.4) is 0 Å². The van der Waals surface area contributed by atoms with Crippen molar-refractivity contribution in [3.8, 4) is 11.5 Å². The smallest absolute Gasteiger partial charge is 0.213 e. The van der Waals surface area contributed by atoms with Gasteiger partial charge in [-0.25, -0.2) is 19.9 Å². The molecule has 124 valence electrons. The van der Waals surface area contributed by atoms with E-state index in [1.54, 1.807) is 24.5 Å².